The van der Waals surface area contributed by atoms with Crippen molar-refractivity contribution in [2.75, 3.05) is 29.9 Å². The van der Waals surface area contributed by atoms with E-state index in [0.717, 1.165) is 86.0 Å². The normalized spacial score (nSPS) is 20.8. The number of hydrogen-bond donors (Lipinski definition) is 2. The summed E-state index contributed by atoms with van der Waals surface area (Å²) in [5, 5.41) is 12.4. The summed E-state index contributed by atoms with van der Waals surface area (Å²) in [5.74, 6) is -0.00835. The SMILES string of the molecule is Cc1c(N2CCCCC2)ccc2c1nc(NC(=O)c1cccc(C(F)(F)F)c1)n2C1CCC(CO)CC1. The minimum Gasteiger partial charge on any atom is -0.396 e. The topological polar surface area (TPSA) is 70.4 Å². The lowest BCUT2D eigenvalue weighted by molar-refractivity contribution is -0.137. The highest BCUT2D eigenvalue weighted by molar-refractivity contribution is 6.04. The number of aliphatic hydroxyl groups excluding tert-OH is 1. The number of benzene rings is 2. The molecule has 0 atom stereocenters. The van der Waals surface area contributed by atoms with Gasteiger partial charge in [-0.3, -0.25) is 10.1 Å². The monoisotopic (exact) mass is 514 g/mol. The molecule has 0 radical (unpaired) electrons. The van der Waals surface area contributed by atoms with Gasteiger partial charge in [-0.05, 0) is 88.1 Å². The second kappa shape index (κ2) is 10.4. The number of carbonyl (C=O) groups is 1. The first kappa shape index (κ1) is 25.6. The van der Waals surface area contributed by atoms with E-state index < -0.39 is 17.6 Å². The standard InChI is InChI=1S/C28H33F3N4O2/c1-18-23(34-14-3-2-4-15-34)12-13-24-25(18)32-27(35(24)22-10-8-19(17-36)9-11-22)33-26(37)20-6-5-7-21(16-20)28(29,30)31/h5-7,12-13,16,19,22,36H,2-4,8-11,14-15,17H2,1H3,(H,32,33,37). The zero-order valence-corrected chi connectivity index (χ0v) is 21.0. The van der Waals surface area contributed by atoms with Crippen LogP contribution in [0.15, 0.2) is 36.4 Å². The maximum atomic E-state index is 13.2. The van der Waals surface area contributed by atoms with Gasteiger partial charge in [-0.25, -0.2) is 4.98 Å². The van der Waals surface area contributed by atoms with Gasteiger partial charge in [0.2, 0.25) is 5.95 Å². The molecule has 0 spiro atoms. The van der Waals surface area contributed by atoms with Gasteiger partial charge >= 0.3 is 6.18 Å². The average Bonchev–Trinajstić information content (AvgIpc) is 3.27. The average molecular weight is 515 g/mol. The Hall–Kier alpha value is -3.07. The Morgan fingerprint density at radius 3 is 2.49 bits per heavy atom. The van der Waals surface area contributed by atoms with E-state index in [4.69, 9.17) is 4.98 Å². The zero-order valence-electron chi connectivity index (χ0n) is 21.0. The number of carbonyl (C=O) groups excluding carboxylic acids is 1. The van der Waals surface area contributed by atoms with Crippen LogP contribution in [0.5, 0.6) is 0 Å². The Labute approximate surface area is 214 Å². The predicted molar refractivity (Wildman–Crippen MR) is 138 cm³/mol. The molecule has 1 aliphatic heterocycles. The first-order valence-electron chi connectivity index (χ1n) is 13.1. The van der Waals surface area contributed by atoms with Gasteiger partial charge in [0.25, 0.3) is 5.91 Å². The summed E-state index contributed by atoms with van der Waals surface area (Å²) in [6.07, 6.45) is 2.40. The molecule has 0 bridgehead atoms. The second-order valence-corrected chi connectivity index (χ2v) is 10.3. The van der Waals surface area contributed by atoms with Gasteiger partial charge in [0.05, 0.1) is 16.6 Å². The van der Waals surface area contributed by atoms with Crippen LogP contribution in [0.4, 0.5) is 24.8 Å². The molecule has 6 nitrogen and oxygen atoms in total. The lowest BCUT2D eigenvalue weighted by Crippen LogP contribution is -2.29. The number of fused-ring (bicyclic) bond motifs is 1. The van der Waals surface area contributed by atoms with E-state index in [0.29, 0.717) is 5.95 Å². The summed E-state index contributed by atoms with van der Waals surface area (Å²) in [7, 11) is 0. The first-order valence-corrected chi connectivity index (χ1v) is 13.1. The molecule has 1 amide bonds. The summed E-state index contributed by atoms with van der Waals surface area (Å²) in [4.78, 5) is 20.4. The Morgan fingerprint density at radius 2 is 1.81 bits per heavy atom. The van der Waals surface area contributed by atoms with Crippen molar-refractivity contribution in [1.29, 1.82) is 0 Å². The number of imidazole rings is 1. The Balaban J connectivity index is 1.53. The van der Waals surface area contributed by atoms with Crippen molar-refractivity contribution in [3.8, 4) is 0 Å². The summed E-state index contributed by atoms with van der Waals surface area (Å²) >= 11 is 0. The highest BCUT2D eigenvalue weighted by atomic mass is 19.4. The van der Waals surface area contributed by atoms with Crippen LogP contribution < -0.4 is 10.2 Å². The smallest absolute Gasteiger partial charge is 0.396 e. The van der Waals surface area contributed by atoms with E-state index in [-0.39, 0.29) is 24.1 Å². The highest BCUT2D eigenvalue weighted by Crippen LogP contribution is 2.39. The summed E-state index contributed by atoms with van der Waals surface area (Å²) in [6, 6.07) is 8.70. The minimum absolute atomic E-state index is 0.0665. The van der Waals surface area contributed by atoms with Crippen LogP contribution in [0.2, 0.25) is 0 Å². The van der Waals surface area contributed by atoms with Crippen molar-refractivity contribution in [1.82, 2.24) is 9.55 Å². The molecule has 5 rings (SSSR count). The molecule has 3 aromatic rings. The summed E-state index contributed by atoms with van der Waals surface area (Å²) in [5.41, 5.74) is 2.95. The van der Waals surface area contributed by atoms with E-state index >= 15 is 0 Å². The van der Waals surface area contributed by atoms with Crippen molar-refractivity contribution < 1.29 is 23.1 Å². The second-order valence-electron chi connectivity index (χ2n) is 10.3. The van der Waals surface area contributed by atoms with E-state index in [9.17, 15) is 23.1 Å². The molecule has 2 aromatic carbocycles. The molecule has 2 N–H and O–H groups in total. The van der Waals surface area contributed by atoms with Gasteiger partial charge in [-0.1, -0.05) is 6.07 Å². The molecule has 1 saturated heterocycles. The molecule has 9 heteroatoms. The molecular formula is C28H33F3N4O2. The minimum atomic E-state index is -4.53. The van der Waals surface area contributed by atoms with Crippen LogP contribution >= 0.6 is 0 Å². The number of amides is 1. The van der Waals surface area contributed by atoms with Gasteiger partial charge in [0.1, 0.15) is 0 Å². The molecule has 37 heavy (non-hydrogen) atoms. The molecule has 1 aromatic heterocycles. The van der Waals surface area contributed by atoms with Crippen molar-refractivity contribution in [3.63, 3.8) is 0 Å². The van der Waals surface area contributed by atoms with E-state index in [2.05, 4.69) is 22.3 Å². The van der Waals surface area contributed by atoms with E-state index in [1.807, 2.05) is 11.5 Å². The Bertz CT molecular complexity index is 1270. The van der Waals surface area contributed by atoms with Crippen LogP contribution in [-0.4, -0.2) is 40.3 Å². The van der Waals surface area contributed by atoms with Gasteiger partial charge in [-0.15, -0.1) is 0 Å². The van der Waals surface area contributed by atoms with Gasteiger partial charge in [0, 0.05) is 42.6 Å². The number of aliphatic hydroxyl groups is 1. The van der Waals surface area contributed by atoms with Crippen molar-refractivity contribution in [2.24, 2.45) is 5.92 Å². The van der Waals surface area contributed by atoms with Crippen LogP contribution in [0.1, 0.15) is 72.5 Å². The highest BCUT2D eigenvalue weighted by Gasteiger charge is 2.32. The van der Waals surface area contributed by atoms with Gasteiger partial charge in [0.15, 0.2) is 0 Å². The van der Waals surface area contributed by atoms with Crippen molar-refractivity contribution in [2.45, 2.75) is 64.1 Å². The Morgan fingerprint density at radius 1 is 1.08 bits per heavy atom. The largest absolute Gasteiger partial charge is 0.416 e. The summed E-state index contributed by atoms with van der Waals surface area (Å²) in [6.45, 7) is 4.20. The molecule has 2 aliphatic rings. The molecular weight excluding hydrogens is 481 g/mol. The predicted octanol–water partition coefficient (Wildman–Crippen LogP) is 6.33. The van der Waals surface area contributed by atoms with Crippen LogP contribution in [-0.2, 0) is 6.18 Å². The Kier molecular flexibility index (Phi) is 7.16. The zero-order chi connectivity index (χ0) is 26.2. The van der Waals surface area contributed by atoms with E-state index in [1.54, 1.807) is 0 Å². The number of nitrogens with one attached hydrogen (secondary N) is 1. The lowest BCUT2D eigenvalue weighted by atomic mass is 9.86. The van der Waals surface area contributed by atoms with Crippen LogP contribution in [0, 0.1) is 12.8 Å². The fourth-order valence-electron chi connectivity index (χ4n) is 5.82. The number of halogens is 3. The van der Waals surface area contributed by atoms with Crippen LogP contribution in [0.3, 0.4) is 0 Å². The number of anilines is 2. The number of nitrogens with zero attached hydrogens (tertiary/aromatic N) is 3. The molecule has 1 saturated carbocycles. The molecule has 2 fully saturated rings. The fourth-order valence-corrected chi connectivity index (χ4v) is 5.82. The first-order chi connectivity index (χ1) is 17.8. The quantitative estimate of drug-likeness (QED) is 0.418. The fraction of sp³-hybridized carbons (Fsp3) is 0.500. The molecule has 198 valence electrons. The third-order valence-electron chi connectivity index (χ3n) is 7.90. The number of aromatic nitrogens is 2. The third kappa shape index (κ3) is 5.19. The van der Waals surface area contributed by atoms with Crippen LogP contribution in [0.25, 0.3) is 11.0 Å². The van der Waals surface area contributed by atoms with Crippen molar-refractivity contribution >= 4 is 28.6 Å². The number of rotatable bonds is 5. The number of aryl methyl sites for hydroxylation is 1. The van der Waals surface area contributed by atoms with Gasteiger partial charge in [-0.2, -0.15) is 13.2 Å². The lowest BCUT2D eigenvalue weighted by Gasteiger charge is -2.31. The summed E-state index contributed by atoms with van der Waals surface area (Å²) < 4.78 is 41.7. The van der Waals surface area contributed by atoms with Gasteiger partial charge < -0.3 is 14.6 Å². The molecule has 2 heterocycles. The molecule has 1 aliphatic carbocycles. The number of alkyl halides is 3. The maximum Gasteiger partial charge on any atom is 0.416 e. The third-order valence-corrected chi connectivity index (χ3v) is 7.90. The maximum absolute atomic E-state index is 13.2. The molecule has 0 unspecified atom stereocenters. The van der Waals surface area contributed by atoms with E-state index in [1.165, 1.54) is 18.6 Å². The number of piperidine rings is 1. The van der Waals surface area contributed by atoms with Crippen molar-refractivity contribution in [3.05, 3.63) is 53.1 Å². The number of hydrogen-bond acceptors (Lipinski definition) is 4.